The molecule has 2 aromatic rings. The van der Waals surface area contributed by atoms with E-state index >= 15 is 0 Å². The Balaban J connectivity index is 0.00000196. The fourth-order valence-electron chi connectivity index (χ4n) is 3.25. The molecule has 2 aromatic carbocycles. The van der Waals surface area contributed by atoms with Crippen LogP contribution < -0.4 is 4.90 Å². The van der Waals surface area contributed by atoms with E-state index in [1.54, 1.807) is 18.2 Å². The summed E-state index contributed by atoms with van der Waals surface area (Å²) in [5, 5.41) is 8.40. The summed E-state index contributed by atoms with van der Waals surface area (Å²) in [6, 6.07) is 14.6. The van der Waals surface area contributed by atoms with E-state index < -0.39 is 10.0 Å². The lowest BCUT2D eigenvalue weighted by Crippen LogP contribution is -2.40. The van der Waals surface area contributed by atoms with Crippen molar-refractivity contribution in [1.29, 1.82) is 5.41 Å². The Hall–Kier alpha value is -1.74. The highest BCUT2D eigenvalue weighted by Crippen LogP contribution is 2.30. The summed E-state index contributed by atoms with van der Waals surface area (Å²) in [7, 11) is -3.54. The lowest BCUT2D eigenvalue weighted by molar-refractivity contribution is 0.0730. The number of anilines is 1. The number of amidine groups is 1. The third-order valence-corrected chi connectivity index (χ3v) is 6.50. The molecule has 138 valence electrons. The van der Waals surface area contributed by atoms with Crippen molar-refractivity contribution in [2.75, 3.05) is 31.2 Å². The van der Waals surface area contributed by atoms with Crippen molar-refractivity contribution in [3.63, 3.8) is 0 Å². The van der Waals surface area contributed by atoms with Crippen LogP contribution in [0.4, 0.5) is 5.69 Å². The average molecular weight is 438 g/mol. The lowest BCUT2D eigenvalue weighted by atomic mass is 10.1. The molecular weight excluding hydrogens is 418 g/mol. The Kier molecular flexibility index (Phi) is 5.47. The van der Waals surface area contributed by atoms with Gasteiger partial charge in [0.2, 0.25) is 10.0 Å². The quantitative estimate of drug-likeness (QED) is 0.800. The first-order valence-electron chi connectivity index (χ1n) is 8.20. The normalized spacial score (nSPS) is 17.7. The fourth-order valence-corrected chi connectivity index (χ4v) is 4.70. The molecule has 0 spiro atoms. The van der Waals surface area contributed by atoms with Crippen LogP contribution in [0.2, 0.25) is 0 Å². The summed E-state index contributed by atoms with van der Waals surface area (Å²) in [6.07, 6.45) is 0. The third-order valence-electron chi connectivity index (χ3n) is 4.61. The van der Waals surface area contributed by atoms with Crippen molar-refractivity contribution in [1.82, 2.24) is 4.31 Å². The van der Waals surface area contributed by atoms with Crippen LogP contribution in [0, 0.1) is 5.41 Å². The van der Waals surface area contributed by atoms with Gasteiger partial charge in [-0.25, -0.2) is 8.42 Å². The van der Waals surface area contributed by atoms with E-state index in [1.165, 1.54) is 4.31 Å². The van der Waals surface area contributed by atoms with Crippen LogP contribution in [0.5, 0.6) is 0 Å². The van der Waals surface area contributed by atoms with Crippen LogP contribution >= 0.6 is 17.0 Å². The molecule has 0 bridgehead atoms. The second-order valence-electron chi connectivity index (χ2n) is 6.11. The number of sulfonamides is 1. The topological polar surface area (TPSA) is 73.7 Å². The van der Waals surface area contributed by atoms with E-state index in [9.17, 15) is 8.42 Å². The van der Waals surface area contributed by atoms with Crippen molar-refractivity contribution in [2.24, 2.45) is 0 Å². The SMILES string of the molecule is Br.N=C1c2ccccc2CN1c1cccc(S(=O)(=O)N2CCOCC2)c1. The molecule has 2 aliphatic rings. The second-order valence-corrected chi connectivity index (χ2v) is 8.04. The maximum atomic E-state index is 12.9. The first-order chi connectivity index (χ1) is 12.1. The van der Waals surface area contributed by atoms with E-state index in [1.807, 2.05) is 35.2 Å². The lowest BCUT2D eigenvalue weighted by Gasteiger charge is -2.26. The zero-order chi connectivity index (χ0) is 17.4. The number of benzene rings is 2. The molecule has 2 heterocycles. The minimum absolute atomic E-state index is 0. The number of hydrogen-bond donors (Lipinski definition) is 1. The van der Waals surface area contributed by atoms with E-state index in [0.29, 0.717) is 38.7 Å². The number of ether oxygens (including phenoxy) is 1. The number of nitrogens with one attached hydrogen (secondary N) is 1. The molecule has 0 amide bonds. The Morgan fingerprint density at radius 1 is 1.00 bits per heavy atom. The molecule has 0 atom stereocenters. The summed E-state index contributed by atoms with van der Waals surface area (Å²) in [5.74, 6) is 0.400. The Bertz CT molecular complexity index is 927. The molecule has 1 N–H and O–H groups in total. The first kappa shape index (κ1) is 19.0. The summed E-state index contributed by atoms with van der Waals surface area (Å²) >= 11 is 0. The predicted molar refractivity (Wildman–Crippen MR) is 106 cm³/mol. The predicted octanol–water partition coefficient (Wildman–Crippen LogP) is 2.63. The van der Waals surface area contributed by atoms with Crippen molar-refractivity contribution < 1.29 is 13.2 Å². The van der Waals surface area contributed by atoms with Crippen LogP contribution in [-0.4, -0.2) is 44.9 Å². The number of morpholine rings is 1. The number of rotatable bonds is 3. The highest BCUT2D eigenvalue weighted by atomic mass is 79.9. The van der Waals surface area contributed by atoms with Crippen LogP contribution in [0.15, 0.2) is 53.4 Å². The summed E-state index contributed by atoms with van der Waals surface area (Å²) in [4.78, 5) is 2.10. The molecule has 0 unspecified atom stereocenters. The second kappa shape index (κ2) is 7.48. The first-order valence-corrected chi connectivity index (χ1v) is 9.64. The Morgan fingerprint density at radius 3 is 2.46 bits per heavy atom. The zero-order valence-corrected chi connectivity index (χ0v) is 16.6. The highest BCUT2D eigenvalue weighted by Gasteiger charge is 2.29. The minimum atomic E-state index is -3.54. The van der Waals surface area contributed by atoms with Gasteiger partial charge in [0.25, 0.3) is 0 Å². The largest absolute Gasteiger partial charge is 0.379 e. The number of nitrogens with zero attached hydrogens (tertiary/aromatic N) is 2. The van der Waals surface area contributed by atoms with Crippen molar-refractivity contribution in [3.8, 4) is 0 Å². The summed E-state index contributed by atoms with van der Waals surface area (Å²) in [5.41, 5.74) is 2.69. The average Bonchev–Trinajstić information content (AvgIpc) is 3.00. The summed E-state index contributed by atoms with van der Waals surface area (Å²) < 4.78 is 32.4. The summed E-state index contributed by atoms with van der Waals surface area (Å²) in [6.45, 7) is 2.17. The number of fused-ring (bicyclic) bond motifs is 1. The molecular formula is C18H20BrN3O3S. The monoisotopic (exact) mass is 437 g/mol. The van der Waals surface area contributed by atoms with Crippen LogP contribution in [0.3, 0.4) is 0 Å². The molecule has 0 radical (unpaired) electrons. The van der Waals surface area contributed by atoms with E-state index in [-0.39, 0.29) is 21.9 Å². The van der Waals surface area contributed by atoms with Gasteiger partial charge in [-0.3, -0.25) is 5.41 Å². The van der Waals surface area contributed by atoms with E-state index in [0.717, 1.165) is 16.8 Å². The minimum Gasteiger partial charge on any atom is -0.379 e. The molecule has 26 heavy (non-hydrogen) atoms. The van der Waals surface area contributed by atoms with Crippen LogP contribution in [0.1, 0.15) is 11.1 Å². The van der Waals surface area contributed by atoms with Gasteiger partial charge in [0, 0.05) is 24.3 Å². The van der Waals surface area contributed by atoms with Gasteiger partial charge in [0.1, 0.15) is 5.84 Å². The van der Waals surface area contributed by atoms with Gasteiger partial charge in [-0.2, -0.15) is 4.31 Å². The van der Waals surface area contributed by atoms with Crippen LogP contribution in [-0.2, 0) is 21.3 Å². The molecule has 8 heteroatoms. The molecule has 0 saturated carbocycles. The zero-order valence-electron chi connectivity index (χ0n) is 14.1. The van der Waals surface area contributed by atoms with Gasteiger partial charge < -0.3 is 9.64 Å². The molecule has 4 rings (SSSR count). The maximum absolute atomic E-state index is 12.9. The standard InChI is InChI=1S/C18H19N3O3S.BrH/c19-18-17-7-2-1-4-14(17)13-21(18)15-5-3-6-16(12-15)25(22,23)20-8-10-24-11-9-20;/h1-7,12,19H,8-11,13H2;1H. The number of halogens is 1. The fraction of sp³-hybridized carbons (Fsp3) is 0.278. The van der Waals surface area contributed by atoms with Crippen molar-refractivity contribution in [3.05, 3.63) is 59.7 Å². The van der Waals surface area contributed by atoms with E-state index in [4.69, 9.17) is 10.1 Å². The molecule has 1 fully saturated rings. The smallest absolute Gasteiger partial charge is 0.243 e. The Labute approximate surface area is 163 Å². The highest BCUT2D eigenvalue weighted by molar-refractivity contribution is 8.93. The van der Waals surface area contributed by atoms with Crippen molar-refractivity contribution in [2.45, 2.75) is 11.4 Å². The van der Waals surface area contributed by atoms with E-state index in [2.05, 4.69) is 0 Å². The molecule has 1 saturated heterocycles. The van der Waals surface area contributed by atoms with Crippen molar-refractivity contribution >= 4 is 38.5 Å². The maximum Gasteiger partial charge on any atom is 0.243 e. The third kappa shape index (κ3) is 3.29. The molecule has 0 aliphatic carbocycles. The molecule has 2 aliphatic heterocycles. The van der Waals surface area contributed by atoms with Gasteiger partial charge in [-0.05, 0) is 23.8 Å². The van der Waals surface area contributed by atoms with Gasteiger partial charge in [-0.1, -0.05) is 30.3 Å². The molecule has 6 nitrogen and oxygen atoms in total. The van der Waals surface area contributed by atoms with Crippen LogP contribution in [0.25, 0.3) is 0 Å². The molecule has 0 aromatic heterocycles. The van der Waals surface area contributed by atoms with Gasteiger partial charge in [0.15, 0.2) is 0 Å². The van der Waals surface area contributed by atoms with Gasteiger partial charge in [-0.15, -0.1) is 17.0 Å². The van der Waals surface area contributed by atoms with Gasteiger partial charge in [0.05, 0.1) is 24.7 Å². The Morgan fingerprint density at radius 2 is 1.73 bits per heavy atom. The van der Waals surface area contributed by atoms with Gasteiger partial charge >= 0.3 is 0 Å². The number of hydrogen-bond acceptors (Lipinski definition) is 4.